The van der Waals surface area contributed by atoms with Crippen LogP contribution >= 0.6 is 0 Å². The number of hydrogen-bond acceptors (Lipinski definition) is 7. The molecular weight excluding hydrogens is 436 g/mol. The molecule has 8 heteroatoms. The van der Waals surface area contributed by atoms with Gasteiger partial charge in [0.15, 0.2) is 5.69 Å². The summed E-state index contributed by atoms with van der Waals surface area (Å²) in [5.41, 5.74) is 6.03. The summed E-state index contributed by atoms with van der Waals surface area (Å²) in [6, 6.07) is 9.02. The maximum Gasteiger partial charge on any atom is 0.357 e. The van der Waals surface area contributed by atoms with Crippen LogP contribution in [0.25, 0.3) is 16.9 Å². The van der Waals surface area contributed by atoms with Crippen LogP contribution in [0.4, 0.5) is 0 Å². The van der Waals surface area contributed by atoms with Crippen molar-refractivity contribution in [1.29, 1.82) is 0 Å². The third-order valence-corrected chi connectivity index (χ3v) is 6.09. The molecule has 0 bridgehead atoms. The highest BCUT2D eigenvalue weighted by molar-refractivity contribution is 6.07. The molecule has 0 aliphatic rings. The molecule has 0 amide bonds. The van der Waals surface area contributed by atoms with Gasteiger partial charge in [-0.1, -0.05) is 18.2 Å². The average Bonchev–Trinajstić information content (AvgIpc) is 3.22. The Hall–Kier alpha value is -3.94. The SMILES string of the molecule is COC(=O)c1c(-c2c(C)c(C)c(COC(C)=O)c(C)c2C)nn(-c2ccccc2)c1C(=O)OC. The molecule has 0 fully saturated rings. The summed E-state index contributed by atoms with van der Waals surface area (Å²) in [5.74, 6) is -1.77. The van der Waals surface area contributed by atoms with Crippen LogP contribution in [0.5, 0.6) is 0 Å². The molecule has 1 heterocycles. The molecule has 178 valence electrons. The van der Waals surface area contributed by atoms with Crippen LogP contribution in [0.2, 0.25) is 0 Å². The van der Waals surface area contributed by atoms with E-state index in [2.05, 4.69) is 0 Å². The minimum absolute atomic E-state index is 0.0198. The number of carbonyl (C=O) groups excluding carboxylic acids is 3. The first-order valence-corrected chi connectivity index (χ1v) is 10.7. The minimum atomic E-state index is -0.710. The van der Waals surface area contributed by atoms with Crippen molar-refractivity contribution >= 4 is 17.9 Å². The fourth-order valence-corrected chi connectivity index (χ4v) is 4.07. The van der Waals surface area contributed by atoms with Crippen molar-refractivity contribution in [2.75, 3.05) is 14.2 Å². The van der Waals surface area contributed by atoms with Crippen molar-refractivity contribution in [2.45, 2.75) is 41.2 Å². The van der Waals surface area contributed by atoms with Gasteiger partial charge in [0.2, 0.25) is 0 Å². The number of para-hydroxylation sites is 1. The van der Waals surface area contributed by atoms with Gasteiger partial charge in [-0.3, -0.25) is 4.79 Å². The van der Waals surface area contributed by atoms with Crippen molar-refractivity contribution in [1.82, 2.24) is 9.78 Å². The molecule has 0 spiro atoms. The lowest BCUT2D eigenvalue weighted by atomic mass is 9.86. The molecule has 8 nitrogen and oxygen atoms in total. The lowest BCUT2D eigenvalue weighted by Crippen LogP contribution is -2.15. The number of hydrogen-bond donors (Lipinski definition) is 0. The van der Waals surface area contributed by atoms with E-state index < -0.39 is 11.9 Å². The topological polar surface area (TPSA) is 96.7 Å². The second-order valence-corrected chi connectivity index (χ2v) is 7.94. The molecular formula is C26H28N2O6. The Morgan fingerprint density at radius 2 is 1.41 bits per heavy atom. The van der Waals surface area contributed by atoms with E-state index in [1.54, 1.807) is 12.1 Å². The molecule has 0 unspecified atom stereocenters. The Morgan fingerprint density at radius 3 is 1.91 bits per heavy atom. The number of methoxy groups -OCH3 is 2. The van der Waals surface area contributed by atoms with Gasteiger partial charge in [0.05, 0.1) is 19.9 Å². The van der Waals surface area contributed by atoms with Crippen LogP contribution in [0.1, 0.15) is 55.6 Å². The quantitative estimate of drug-likeness (QED) is 0.394. The lowest BCUT2D eigenvalue weighted by molar-refractivity contribution is -0.142. The van der Waals surface area contributed by atoms with E-state index in [1.807, 2.05) is 45.9 Å². The van der Waals surface area contributed by atoms with Gasteiger partial charge < -0.3 is 14.2 Å². The Kier molecular flexibility index (Phi) is 7.20. The predicted molar refractivity (Wildman–Crippen MR) is 126 cm³/mol. The highest BCUT2D eigenvalue weighted by Crippen LogP contribution is 2.38. The van der Waals surface area contributed by atoms with Crippen LogP contribution in [0.15, 0.2) is 30.3 Å². The van der Waals surface area contributed by atoms with Crippen molar-refractivity contribution in [2.24, 2.45) is 0 Å². The lowest BCUT2D eigenvalue weighted by Gasteiger charge is -2.20. The summed E-state index contributed by atoms with van der Waals surface area (Å²) in [7, 11) is 2.51. The minimum Gasteiger partial charge on any atom is -0.465 e. The number of benzene rings is 2. The molecule has 0 N–H and O–H groups in total. The van der Waals surface area contributed by atoms with E-state index in [4.69, 9.17) is 19.3 Å². The Bertz CT molecular complexity index is 1250. The molecule has 1 aromatic heterocycles. The zero-order valence-electron chi connectivity index (χ0n) is 20.4. The molecule has 3 aromatic rings. The first kappa shape index (κ1) is 24.7. The van der Waals surface area contributed by atoms with Gasteiger partial charge in [-0.2, -0.15) is 5.10 Å². The number of esters is 3. The van der Waals surface area contributed by atoms with Gasteiger partial charge in [0.25, 0.3) is 0 Å². The van der Waals surface area contributed by atoms with Crippen LogP contribution in [0.3, 0.4) is 0 Å². The summed E-state index contributed by atoms with van der Waals surface area (Å²) in [6.07, 6.45) is 0. The normalized spacial score (nSPS) is 10.7. The monoisotopic (exact) mass is 464 g/mol. The Morgan fingerprint density at radius 1 is 0.853 bits per heavy atom. The molecule has 34 heavy (non-hydrogen) atoms. The first-order valence-electron chi connectivity index (χ1n) is 10.7. The van der Waals surface area contributed by atoms with E-state index in [-0.39, 0.29) is 23.8 Å². The van der Waals surface area contributed by atoms with Crippen LogP contribution in [0, 0.1) is 27.7 Å². The van der Waals surface area contributed by atoms with Gasteiger partial charge in [-0.05, 0) is 67.6 Å². The van der Waals surface area contributed by atoms with Crippen molar-refractivity contribution < 1.29 is 28.6 Å². The van der Waals surface area contributed by atoms with E-state index in [0.29, 0.717) is 16.9 Å². The molecule has 0 radical (unpaired) electrons. The van der Waals surface area contributed by atoms with Crippen LogP contribution in [-0.2, 0) is 25.6 Å². The molecule has 0 atom stereocenters. The van der Waals surface area contributed by atoms with Gasteiger partial charge >= 0.3 is 17.9 Å². The number of aromatic nitrogens is 2. The van der Waals surface area contributed by atoms with E-state index in [9.17, 15) is 14.4 Å². The molecule has 0 aliphatic carbocycles. The summed E-state index contributed by atoms with van der Waals surface area (Å²) in [4.78, 5) is 37.2. The Labute approximate surface area is 198 Å². The average molecular weight is 465 g/mol. The summed E-state index contributed by atoms with van der Waals surface area (Å²) >= 11 is 0. The fourth-order valence-electron chi connectivity index (χ4n) is 4.07. The van der Waals surface area contributed by atoms with E-state index >= 15 is 0 Å². The smallest absolute Gasteiger partial charge is 0.357 e. The second kappa shape index (κ2) is 9.91. The Balaban J connectivity index is 2.40. The fraction of sp³-hybridized carbons (Fsp3) is 0.308. The van der Waals surface area contributed by atoms with Gasteiger partial charge in [-0.25, -0.2) is 14.3 Å². The second-order valence-electron chi connectivity index (χ2n) is 7.94. The summed E-state index contributed by atoms with van der Waals surface area (Å²) < 4.78 is 16.7. The first-order chi connectivity index (χ1) is 16.1. The molecule has 3 rings (SSSR count). The number of ether oxygens (including phenoxy) is 3. The van der Waals surface area contributed by atoms with Crippen molar-refractivity contribution in [3.8, 4) is 16.9 Å². The third kappa shape index (κ3) is 4.31. The summed E-state index contributed by atoms with van der Waals surface area (Å²) in [5, 5.41) is 4.73. The highest BCUT2D eigenvalue weighted by Gasteiger charge is 2.33. The highest BCUT2D eigenvalue weighted by atomic mass is 16.5. The molecule has 2 aromatic carbocycles. The molecule has 0 saturated carbocycles. The number of carbonyl (C=O) groups is 3. The molecule has 0 saturated heterocycles. The predicted octanol–water partition coefficient (Wildman–Crippen LogP) is 4.41. The number of rotatable bonds is 6. The van der Waals surface area contributed by atoms with Gasteiger partial charge in [0, 0.05) is 12.5 Å². The zero-order valence-corrected chi connectivity index (χ0v) is 20.4. The van der Waals surface area contributed by atoms with E-state index in [1.165, 1.54) is 25.8 Å². The maximum atomic E-state index is 13.0. The van der Waals surface area contributed by atoms with Crippen molar-refractivity contribution in [3.63, 3.8) is 0 Å². The van der Waals surface area contributed by atoms with Crippen molar-refractivity contribution in [3.05, 3.63) is 69.4 Å². The van der Waals surface area contributed by atoms with Gasteiger partial charge in [0.1, 0.15) is 17.9 Å². The summed E-state index contributed by atoms with van der Waals surface area (Å²) in [6.45, 7) is 9.19. The maximum absolute atomic E-state index is 13.0. The van der Waals surface area contributed by atoms with Gasteiger partial charge in [-0.15, -0.1) is 0 Å². The van der Waals surface area contributed by atoms with E-state index in [0.717, 1.165) is 27.8 Å². The molecule has 0 aliphatic heterocycles. The van der Waals surface area contributed by atoms with Crippen LogP contribution < -0.4 is 0 Å². The third-order valence-electron chi connectivity index (χ3n) is 6.09. The zero-order chi connectivity index (χ0) is 25.2. The van der Waals surface area contributed by atoms with Crippen LogP contribution in [-0.4, -0.2) is 41.9 Å². The number of nitrogens with zero attached hydrogens (tertiary/aromatic N) is 2. The standard InChI is InChI=1S/C26H28N2O6/c1-14-16(3)21(17(4)15(2)20(14)13-34-18(5)29)23-22(25(30)32-6)24(26(31)33-7)28(27-23)19-11-9-8-10-12-19/h8-12H,13H2,1-7H3. The largest absolute Gasteiger partial charge is 0.465 e.